The van der Waals surface area contributed by atoms with E-state index in [1.807, 2.05) is 29.6 Å². The minimum absolute atomic E-state index is 0.00645. The van der Waals surface area contributed by atoms with E-state index < -0.39 is 0 Å². The van der Waals surface area contributed by atoms with Gasteiger partial charge in [-0.2, -0.15) is 0 Å². The number of halogens is 1. The third-order valence-corrected chi connectivity index (χ3v) is 4.82. The second kappa shape index (κ2) is 6.10. The predicted molar refractivity (Wildman–Crippen MR) is 87.0 cm³/mol. The van der Waals surface area contributed by atoms with E-state index in [4.69, 9.17) is 4.74 Å². The molecule has 0 aliphatic heterocycles. The van der Waals surface area contributed by atoms with Crippen molar-refractivity contribution in [3.8, 4) is 5.75 Å². The molecule has 4 heteroatoms. The molecule has 0 fully saturated rings. The summed E-state index contributed by atoms with van der Waals surface area (Å²) in [7, 11) is 0. The largest absolute Gasteiger partial charge is 0.485 e. The van der Waals surface area contributed by atoms with E-state index in [-0.39, 0.29) is 17.8 Å². The van der Waals surface area contributed by atoms with Crippen LogP contribution in [0.5, 0.6) is 5.75 Å². The minimum Gasteiger partial charge on any atom is -0.485 e. The zero-order chi connectivity index (χ0) is 14.8. The van der Waals surface area contributed by atoms with Gasteiger partial charge >= 0.3 is 0 Å². The van der Waals surface area contributed by atoms with Crippen LogP contribution in [0.4, 0.5) is 0 Å². The molecule has 0 aliphatic rings. The first kappa shape index (κ1) is 15.3. The number of benzene rings is 1. The average Bonchev–Trinajstić information content (AvgIpc) is 2.82. The maximum Gasteiger partial charge on any atom is 0.211 e. The number of carbonyl (C=O) groups is 1. The molecule has 0 radical (unpaired) electrons. The van der Waals surface area contributed by atoms with E-state index in [1.165, 1.54) is 16.9 Å². The van der Waals surface area contributed by atoms with Crippen LogP contribution in [0.3, 0.4) is 0 Å². The molecule has 1 aromatic heterocycles. The summed E-state index contributed by atoms with van der Waals surface area (Å²) in [6, 6.07) is 9.78. The maximum atomic E-state index is 12.0. The van der Waals surface area contributed by atoms with E-state index >= 15 is 0 Å². The second-order valence-electron chi connectivity index (χ2n) is 5.59. The summed E-state index contributed by atoms with van der Waals surface area (Å²) < 4.78 is 6.45. The van der Waals surface area contributed by atoms with Crippen LogP contribution in [0.1, 0.15) is 36.0 Å². The fraction of sp³-hybridized carbons (Fsp3) is 0.312. The van der Waals surface area contributed by atoms with Crippen LogP contribution in [-0.2, 0) is 5.41 Å². The van der Waals surface area contributed by atoms with E-state index in [9.17, 15) is 4.79 Å². The van der Waals surface area contributed by atoms with E-state index in [2.05, 4.69) is 42.8 Å². The van der Waals surface area contributed by atoms with Crippen molar-refractivity contribution in [2.24, 2.45) is 0 Å². The topological polar surface area (TPSA) is 26.3 Å². The molecule has 0 aliphatic carbocycles. The Labute approximate surface area is 131 Å². The van der Waals surface area contributed by atoms with E-state index in [0.29, 0.717) is 4.88 Å². The monoisotopic (exact) mass is 352 g/mol. The van der Waals surface area contributed by atoms with Crippen LogP contribution >= 0.6 is 27.3 Å². The molecule has 20 heavy (non-hydrogen) atoms. The lowest BCUT2D eigenvalue weighted by Crippen LogP contribution is -2.13. The number of Topliss-reactive ketones (excluding diaryl/α,β-unsaturated/α-hetero) is 1. The fourth-order valence-electron chi connectivity index (χ4n) is 1.76. The van der Waals surface area contributed by atoms with Gasteiger partial charge in [-0.3, -0.25) is 4.79 Å². The molecule has 2 nitrogen and oxygen atoms in total. The summed E-state index contributed by atoms with van der Waals surface area (Å²) >= 11 is 4.79. The van der Waals surface area contributed by atoms with Gasteiger partial charge in [0.2, 0.25) is 5.78 Å². The van der Waals surface area contributed by atoms with Gasteiger partial charge in [0, 0.05) is 4.47 Å². The number of rotatable bonds is 4. The third-order valence-electron chi connectivity index (χ3n) is 2.94. The highest BCUT2D eigenvalue weighted by atomic mass is 79.9. The van der Waals surface area contributed by atoms with Crippen LogP contribution in [0.2, 0.25) is 0 Å². The first-order chi connectivity index (χ1) is 9.38. The maximum absolute atomic E-state index is 12.0. The highest BCUT2D eigenvalue weighted by Crippen LogP contribution is 2.26. The smallest absolute Gasteiger partial charge is 0.211 e. The number of hydrogen-bond acceptors (Lipinski definition) is 3. The molecule has 0 saturated carbocycles. The Bertz CT molecular complexity index is 611. The SMILES string of the molecule is CC(C)(C)c1cccc(OCC(=O)c2sccc2Br)c1. The van der Waals surface area contributed by atoms with Gasteiger partial charge in [-0.05, 0) is 50.5 Å². The van der Waals surface area contributed by atoms with Gasteiger partial charge in [0.15, 0.2) is 6.61 Å². The average molecular weight is 353 g/mol. The van der Waals surface area contributed by atoms with Crippen molar-refractivity contribution in [2.45, 2.75) is 26.2 Å². The Morgan fingerprint density at radius 2 is 2.05 bits per heavy atom. The Balaban J connectivity index is 2.05. The van der Waals surface area contributed by atoms with Gasteiger partial charge in [-0.25, -0.2) is 0 Å². The predicted octanol–water partition coefficient (Wildman–Crippen LogP) is 5.07. The minimum atomic E-state index is -0.00645. The standard InChI is InChI=1S/C16H17BrO2S/c1-16(2,3)11-5-4-6-12(9-11)19-10-14(18)15-13(17)7-8-20-15/h4-9H,10H2,1-3H3. The van der Waals surface area contributed by atoms with Crippen LogP contribution in [0.25, 0.3) is 0 Å². The lowest BCUT2D eigenvalue weighted by atomic mass is 9.87. The molecule has 0 amide bonds. The molecule has 2 rings (SSSR count). The molecule has 0 unspecified atom stereocenters. The normalized spacial score (nSPS) is 11.4. The van der Waals surface area contributed by atoms with Crippen molar-refractivity contribution in [3.63, 3.8) is 0 Å². The Morgan fingerprint density at radius 3 is 2.65 bits per heavy atom. The van der Waals surface area contributed by atoms with Crippen molar-refractivity contribution in [1.29, 1.82) is 0 Å². The summed E-state index contributed by atoms with van der Waals surface area (Å²) in [5.74, 6) is 0.728. The van der Waals surface area contributed by atoms with Gasteiger partial charge in [-0.1, -0.05) is 32.9 Å². The zero-order valence-electron chi connectivity index (χ0n) is 11.8. The number of ketones is 1. The number of thiophene rings is 1. The molecule has 0 saturated heterocycles. The Hall–Kier alpha value is -1.13. The summed E-state index contributed by atoms with van der Waals surface area (Å²) in [6.07, 6.45) is 0. The van der Waals surface area contributed by atoms with Gasteiger partial charge in [0.25, 0.3) is 0 Å². The summed E-state index contributed by atoms with van der Waals surface area (Å²) in [4.78, 5) is 12.7. The van der Waals surface area contributed by atoms with Crippen molar-refractivity contribution >= 4 is 33.0 Å². The van der Waals surface area contributed by atoms with Crippen LogP contribution in [0.15, 0.2) is 40.2 Å². The second-order valence-corrected chi connectivity index (χ2v) is 7.36. The summed E-state index contributed by atoms with van der Waals surface area (Å²) in [5.41, 5.74) is 1.26. The first-order valence-electron chi connectivity index (χ1n) is 6.37. The molecule has 0 atom stereocenters. The van der Waals surface area contributed by atoms with Crippen molar-refractivity contribution in [2.75, 3.05) is 6.61 Å². The molecular weight excluding hydrogens is 336 g/mol. The summed E-state index contributed by atoms with van der Waals surface area (Å²) in [5, 5.41) is 1.89. The molecule has 0 bridgehead atoms. The van der Waals surface area contributed by atoms with Crippen LogP contribution in [0, 0.1) is 0 Å². The first-order valence-corrected chi connectivity index (χ1v) is 8.05. The molecule has 1 heterocycles. The van der Waals surface area contributed by atoms with Crippen molar-refractivity contribution in [3.05, 3.63) is 50.6 Å². The van der Waals surface area contributed by atoms with Crippen LogP contribution in [-0.4, -0.2) is 12.4 Å². The Morgan fingerprint density at radius 1 is 1.30 bits per heavy atom. The molecule has 2 aromatic rings. The van der Waals surface area contributed by atoms with E-state index in [1.54, 1.807) is 0 Å². The lowest BCUT2D eigenvalue weighted by Gasteiger charge is -2.19. The fourth-order valence-corrected chi connectivity index (χ4v) is 3.28. The lowest BCUT2D eigenvalue weighted by molar-refractivity contribution is 0.0925. The van der Waals surface area contributed by atoms with Gasteiger partial charge in [0.1, 0.15) is 5.75 Å². The number of hydrogen-bond donors (Lipinski definition) is 0. The third kappa shape index (κ3) is 3.70. The number of ether oxygens (including phenoxy) is 1. The van der Waals surface area contributed by atoms with Crippen molar-refractivity contribution < 1.29 is 9.53 Å². The molecule has 0 N–H and O–H groups in total. The number of carbonyl (C=O) groups excluding carboxylic acids is 1. The molecule has 0 spiro atoms. The molecular formula is C16H17BrO2S. The van der Waals surface area contributed by atoms with Gasteiger partial charge in [-0.15, -0.1) is 11.3 Å². The Kier molecular flexibility index (Phi) is 4.66. The molecule has 1 aromatic carbocycles. The van der Waals surface area contributed by atoms with Crippen LogP contribution < -0.4 is 4.74 Å². The van der Waals surface area contributed by atoms with Gasteiger partial charge in [0.05, 0.1) is 4.88 Å². The highest BCUT2D eigenvalue weighted by Gasteiger charge is 2.15. The molecule has 106 valence electrons. The zero-order valence-corrected chi connectivity index (χ0v) is 14.2. The summed E-state index contributed by atoms with van der Waals surface area (Å²) in [6.45, 7) is 6.52. The van der Waals surface area contributed by atoms with Crippen molar-refractivity contribution in [1.82, 2.24) is 0 Å². The van der Waals surface area contributed by atoms with E-state index in [0.717, 1.165) is 10.2 Å². The highest BCUT2D eigenvalue weighted by molar-refractivity contribution is 9.10. The quantitative estimate of drug-likeness (QED) is 0.718. The van der Waals surface area contributed by atoms with Gasteiger partial charge < -0.3 is 4.74 Å².